The van der Waals surface area contributed by atoms with Crippen LogP contribution in [0.4, 0.5) is 0 Å². The molecule has 21 heavy (non-hydrogen) atoms. The predicted octanol–water partition coefficient (Wildman–Crippen LogP) is 2.77. The Morgan fingerprint density at radius 1 is 1.24 bits per heavy atom. The molecule has 0 radical (unpaired) electrons. The normalized spacial score (nSPS) is 10.8. The molecule has 0 N–H and O–H groups in total. The number of aromatic nitrogens is 3. The van der Waals surface area contributed by atoms with Gasteiger partial charge in [-0.25, -0.2) is 14.5 Å². The van der Waals surface area contributed by atoms with Crippen molar-refractivity contribution in [3.05, 3.63) is 53.9 Å². The van der Waals surface area contributed by atoms with Gasteiger partial charge in [-0.1, -0.05) is 25.1 Å². The zero-order chi connectivity index (χ0) is 14.8. The number of benzene rings is 1. The van der Waals surface area contributed by atoms with Crippen molar-refractivity contribution in [2.24, 2.45) is 0 Å². The highest BCUT2D eigenvalue weighted by atomic mass is 16.5. The van der Waals surface area contributed by atoms with Gasteiger partial charge in [0.05, 0.1) is 24.5 Å². The predicted molar refractivity (Wildman–Crippen MR) is 79.6 cm³/mol. The lowest BCUT2D eigenvalue weighted by molar-refractivity contribution is 0.0599. The number of hydrogen-bond acceptors (Lipinski definition) is 4. The molecule has 2 aromatic heterocycles. The number of esters is 1. The highest BCUT2D eigenvalue weighted by molar-refractivity contribution is 5.90. The SMILES string of the molecule is CCc1c(C(=O)OC)cnn1-c1ccc2ccccc2n1. The molecule has 0 bridgehead atoms. The van der Waals surface area contributed by atoms with Gasteiger partial charge in [0, 0.05) is 5.39 Å². The Kier molecular flexibility index (Phi) is 3.39. The van der Waals surface area contributed by atoms with Crippen LogP contribution in [-0.4, -0.2) is 27.8 Å². The minimum atomic E-state index is -0.376. The number of para-hydroxylation sites is 1. The van der Waals surface area contributed by atoms with E-state index >= 15 is 0 Å². The first kappa shape index (κ1) is 13.3. The van der Waals surface area contributed by atoms with Crippen molar-refractivity contribution in [1.82, 2.24) is 14.8 Å². The maximum atomic E-state index is 11.8. The fourth-order valence-corrected chi connectivity index (χ4v) is 2.37. The minimum Gasteiger partial charge on any atom is -0.465 e. The number of hydrogen-bond donors (Lipinski definition) is 0. The Morgan fingerprint density at radius 2 is 2.05 bits per heavy atom. The van der Waals surface area contributed by atoms with E-state index in [0.29, 0.717) is 17.8 Å². The van der Waals surface area contributed by atoms with E-state index in [1.807, 2.05) is 43.3 Å². The molecule has 0 saturated carbocycles. The van der Waals surface area contributed by atoms with E-state index in [4.69, 9.17) is 4.74 Å². The average molecular weight is 281 g/mol. The van der Waals surface area contributed by atoms with Crippen LogP contribution in [0.1, 0.15) is 23.0 Å². The van der Waals surface area contributed by atoms with Crippen LogP contribution in [0.25, 0.3) is 16.7 Å². The molecule has 0 aliphatic carbocycles. The van der Waals surface area contributed by atoms with Gasteiger partial charge in [0.15, 0.2) is 5.82 Å². The van der Waals surface area contributed by atoms with Gasteiger partial charge in [0.1, 0.15) is 5.56 Å². The van der Waals surface area contributed by atoms with Gasteiger partial charge in [-0.15, -0.1) is 0 Å². The van der Waals surface area contributed by atoms with Gasteiger partial charge in [0.25, 0.3) is 0 Å². The van der Waals surface area contributed by atoms with Gasteiger partial charge in [-0.3, -0.25) is 0 Å². The highest BCUT2D eigenvalue weighted by Gasteiger charge is 2.18. The van der Waals surface area contributed by atoms with E-state index in [2.05, 4.69) is 10.1 Å². The molecule has 0 aliphatic rings. The van der Waals surface area contributed by atoms with E-state index in [9.17, 15) is 4.79 Å². The fraction of sp³-hybridized carbons (Fsp3) is 0.188. The molecule has 0 saturated heterocycles. The molecule has 3 rings (SSSR count). The second-order valence-corrected chi connectivity index (χ2v) is 4.62. The molecule has 0 fully saturated rings. The summed E-state index contributed by atoms with van der Waals surface area (Å²) < 4.78 is 6.48. The Hall–Kier alpha value is -2.69. The standard InChI is InChI=1S/C16H15N3O2/c1-3-14-12(16(20)21-2)10-17-19(14)15-9-8-11-6-4-5-7-13(11)18-15/h4-10H,3H2,1-2H3. The summed E-state index contributed by atoms with van der Waals surface area (Å²) in [6, 6.07) is 11.8. The molecular formula is C16H15N3O2. The zero-order valence-electron chi connectivity index (χ0n) is 11.9. The number of rotatable bonds is 3. The van der Waals surface area contributed by atoms with Crippen molar-refractivity contribution in [3.63, 3.8) is 0 Å². The Morgan fingerprint density at radius 3 is 2.81 bits per heavy atom. The number of pyridine rings is 1. The molecule has 5 nitrogen and oxygen atoms in total. The smallest absolute Gasteiger partial charge is 0.341 e. The van der Waals surface area contributed by atoms with E-state index in [1.165, 1.54) is 13.3 Å². The molecule has 106 valence electrons. The third kappa shape index (κ3) is 2.27. The maximum absolute atomic E-state index is 11.8. The second kappa shape index (κ2) is 5.36. The first-order valence-corrected chi connectivity index (χ1v) is 6.76. The van der Waals surface area contributed by atoms with E-state index in [1.54, 1.807) is 4.68 Å². The molecule has 0 atom stereocenters. The molecule has 0 spiro atoms. The van der Waals surface area contributed by atoms with Crippen molar-refractivity contribution in [2.45, 2.75) is 13.3 Å². The summed E-state index contributed by atoms with van der Waals surface area (Å²) in [7, 11) is 1.37. The van der Waals surface area contributed by atoms with Gasteiger partial charge in [0.2, 0.25) is 0 Å². The van der Waals surface area contributed by atoms with Crippen LogP contribution in [0.15, 0.2) is 42.6 Å². The van der Waals surface area contributed by atoms with Crippen molar-refractivity contribution in [3.8, 4) is 5.82 Å². The van der Waals surface area contributed by atoms with Gasteiger partial charge < -0.3 is 4.74 Å². The number of carbonyl (C=O) groups is 1. The van der Waals surface area contributed by atoms with E-state index in [-0.39, 0.29) is 5.97 Å². The van der Waals surface area contributed by atoms with Crippen molar-refractivity contribution in [1.29, 1.82) is 0 Å². The Labute approximate surface area is 122 Å². The van der Waals surface area contributed by atoms with Crippen molar-refractivity contribution in [2.75, 3.05) is 7.11 Å². The summed E-state index contributed by atoms with van der Waals surface area (Å²) in [4.78, 5) is 16.4. The summed E-state index contributed by atoms with van der Waals surface area (Å²) in [5, 5.41) is 5.36. The summed E-state index contributed by atoms with van der Waals surface area (Å²) in [6.45, 7) is 1.97. The summed E-state index contributed by atoms with van der Waals surface area (Å²) in [5.74, 6) is 0.319. The summed E-state index contributed by atoms with van der Waals surface area (Å²) in [5.41, 5.74) is 2.17. The minimum absolute atomic E-state index is 0.376. The Bertz CT molecular complexity index is 808. The zero-order valence-corrected chi connectivity index (χ0v) is 11.9. The van der Waals surface area contributed by atoms with E-state index < -0.39 is 0 Å². The van der Waals surface area contributed by atoms with Gasteiger partial charge >= 0.3 is 5.97 Å². The van der Waals surface area contributed by atoms with Crippen LogP contribution in [0.3, 0.4) is 0 Å². The summed E-state index contributed by atoms with van der Waals surface area (Å²) >= 11 is 0. The number of carbonyl (C=O) groups excluding carboxylic acids is 1. The summed E-state index contributed by atoms with van der Waals surface area (Å²) in [6.07, 6.45) is 2.19. The maximum Gasteiger partial charge on any atom is 0.341 e. The van der Waals surface area contributed by atoms with Crippen LogP contribution in [0.5, 0.6) is 0 Å². The second-order valence-electron chi connectivity index (χ2n) is 4.62. The lowest BCUT2D eigenvalue weighted by atomic mass is 10.2. The first-order chi connectivity index (χ1) is 10.2. The number of fused-ring (bicyclic) bond motifs is 1. The number of nitrogens with zero attached hydrogens (tertiary/aromatic N) is 3. The molecule has 0 unspecified atom stereocenters. The van der Waals surface area contributed by atoms with Crippen molar-refractivity contribution >= 4 is 16.9 Å². The van der Waals surface area contributed by atoms with Crippen LogP contribution in [0.2, 0.25) is 0 Å². The molecule has 1 aromatic carbocycles. The molecule has 0 aliphatic heterocycles. The van der Waals surface area contributed by atoms with Crippen molar-refractivity contribution < 1.29 is 9.53 Å². The van der Waals surface area contributed by atoms with Crippen LogP contribution in [0, 0.1) is 0 Å². The fourth-order valence-electron chi connectivity index (χ4n) is 2.37. The van der Waals surface area contributed by atoms with Crippen LogP contribution >= 0.6 is 0 Å². The molecular weight excluding hydrogens is 266 g/mol. The number of methoxy groups -OCH3 is 1. The third-order valence-electron chi connectivity index (χ3n) is 3.41. The third-order valence-corrected chi connectivity index (χ3v) is 3.41. The first-order valence-electron chi connectivity index (χ1n) is 6.76. The van der Waals surface area contributed by atoms with E-state index in [0.717, 1.165) is 16.6 Å². The topological polar surface area (TPSA) is 57.0 Å². The van der Waals surface area contributed by atoms with Crippen LogP contribution < -0.4 is 0 Å². The lowest BCUT2D eigenvalue weighted by Gasteiger charge is -2.07. The Balaban J connectivity index is 2.14. The largest absolute Gasteiger partial charge is 0.465 e. The lowest BCUT2D eigenvalue weighted by Crippen LogP contribution is -2.08. The number of ether oxygens (including phenoxy) is 1. The molecule has 2 heterocycles. The quantitative estimate of drug-likeness (QED) is 0.693. The molecule has 3 aromatic rings. The highest BCUT2D eigenvalue weighted by Crippen LogP contribution is 2.18. The average Bonchev–Trinajstić information content (AvgIpc) is 2.97. The van der Waals surface area contributed by atoms with Crippen LogP contribution in [-0.2, 0) is 11.2 Å². The molecule has 5 heteroatoms. The molecule has 0 amide bonds. The monoisotopic (exact) mass is 281 g/mol. The van der Waals surface area contributed by atoms with Gasteiger partial charge in [-0.05, 0) is 24.6 Å². The van der Waals surface area contributed by atoms with Gasteiger partial charge in [-0.2, -0.15) is 5.10 Å².